The van der Waals surface area contributed by atoms with E-state index in [1.165, 1.54) is 6.08 Å². The summed E-state index contributed by atoms with van der Waals surface area (Å²) in [5, 5.41) is 11.6. The summed E-state index contributed by atoms with van der Waals surface area (Å²) in [7, 11) is 2.01. The van der Waals surface area contributed by atoms with Gasteiger partial charge >= 0.3 is 5.97 Å². The zero-order valence-electron chi connectivity index (χ0n) is 12.3. The van der Waals surface area contributed by atoms with E-state index in [0.29, 0.717) is 23.4 Å². The van der Waals surface area contributed by atoms with E-state index in [1.54, 1.807) is 18.2 Å². The van der Waals surface area contributed by atoms with Crippen LogP contribution in [-0.4, -0.2) is 47.7 Å². The number of aliphatic carboxylic acids is 1. The monoisotopic (exact) mass is 302 g/mol. The summed E-state index contributed by atoms with van der Waals surface area (Å²) in [4.78, 5) is 25.1. The number of amides is 1. The lowest BCUT2D eigenvalue weighted by Gasteiger charge is -2.44. The Bertz CT molecular complexity index is 656. The Balaban J connectivity index is 1.88. The van der Waals surface area contributed by atoms with Crippen LogP contribution in [0.15, 0.2) is 24.3 Å². The van der Waals surface area contributed by atoms with Crippen molar-refractivity contribution in [3.63, 3.8) is 0 Å². The summed E-state index contributed by atoms with van der Waals surface area (Å²) in [6.45, 7) is 1.64. The Kier molecular flexibility index (Phi) is 3.62. The highest BCUT2D eigenvalue weighted by molar-refractivity contribution is 5.99. The second-order valence-electron chi connectivity index (χ2n) is 5.82. The Hall–Kier alpha value is -2.34. The highest BCUT2D eigenvalue weighted by atomic mass is 16.5. The first-order chi connectivity index (χ1) is 10.5. The molecule has 1 spiro atoms. The number of hydrogen-bond donors (Lipinski definition) is 2. The molecule has 1 saturated heterocycles. The van der Waals surface area contributed by atoms with E-state index >= 15 is 0 Å². The van der Waals surface area contributed by atoms with Crippen LogP contribution in [0, 0.1) is 0 Å². The van der Waals surface area contributed by atoms with Crippen molar-refractivity contribution in [3.8, 4) is 5.75 Å². The number of rotatable bonds is 2. The summed E-state index contributed by atoms with van der Waals surface area (Å²) in [6, 6.07) is 5.12. The fourth-order valence-electron chi connectivity index (χ4n) is 3.01. The maximum atomic E-state index is 12.4. The fraction of sp³-hybridized carbons (Fsp3) is 0.375. The molecule has 0 aliphatic carbocycles. The maximum Gasteiger partial charge on any atom is 0.328 e. The summed E-state index contributed by atoms with van der Waals surface area (Å²) in [6.07, 6.45) is 4.24. The molecule has 1 aromatic carbocycles. The minimum absolute atomic E-state index is 0.179. The molecule has 2 N–H and O–H groups in total. The number of carbonyl (C=O) groups excluding carboxylic acids is 1. The number of ether oxygens (including phenoxy) is 1. The van der Waals surface area contributed by atoms with Gasteiger partial charge in [-0.1, -0.05) is 6.07 Å². The Morgan fingerprint density at radius 2 is 2.32 bits per heavy atom. The van der Waals surface area contributed by atoms with Crippen LogP contribution >= 0.6 is 0 Å². The molecule has 1 unspecified atom stereocenters. The summed E-state index contributed by atoms with van der Waals surface area (Å²) in [5.41, 5.74) is 0.429. The van der Waals surface area contributed by atoms with Gasteiger partial charge in [-0.15, -0.1) is 0 Å². The number of carboxylic acids is 1. The smallest absolute Gasteiger partial charge is 0.328 e. The summed E-state index contributed by atoms with van der Waals surface area (Å²) >= 11 is 0. The minimum Gasteiger partial charge on any atom is -0.478 e. The second kappa shape index (κ2) is 5.46. The topological polar surface area (TPSA) is 78.9 Å². The van der Waals surface area contributed by atoms with Gasteiger partial charge in [0.15, 0.2) is 5.72 Å². The molecule has 1 atom stereocenters. The van der Waals surface area contributed by atoms with Gasteiger partial charge in [0.1, 0.15) is 5.75 Å². The number of likely N-dealkylation sites (N-methyl/N-ethyl adjacent to an activating group) is 1. The number of hydrogen-bond acceptors (Lipinski definition) is 4. The van der Waals surface area contributed by atoms with E-state index in [-0.39, 0.29) is 5.91 Å². The number of fused-ring (bicyclic) bond motifs is 1. The molecule has 6 nitrogen and oxygen atoms in total. The molecule has 2 aliphatic rings. The molecule has 0 saturated carbocycles. The minimum atomic E-state index is -1.03. The zero-order chi connectivity index (χ0) is 15.7. The average Bonchev–Trinajstić information content (AvgIpc) is 2.45. The molecule has 3 rings (SSSR count). The SMILES string of the molecule is CN1CCCC2(C1)NC(=O)c1cc(C=CC(=O)O)ccc1O2. The van der Waals surface area contributed by atoms with Crippen LogP contribution in [0.2, 0.25) is 0 Å². The number of carbonyl (C=O) groups is 2. The predicted octanol–water partition coefficient (Wildman–Crippen LogP) is 1.33. The maximum absolute atomic E-state index is 12.4. The van der Waals surface area contributed by atoms with Crippen molar-refractivity contribution >= 4 is 18.0 Å². The molecule has 2 aliphatic heterocycles. The van der Waals surface area contributed by atoms with E-state index in [0.717, 1.165) is 25.5 Å². The Labute approximate surface area is 128 Å². The van der Waals surface area contributed by atoms with Crippen LogP contribution in [-0.2, 0) is 4.79 Å². The molecular weight excluding hydrogens is 284 g/mol. The first-order valence-electron chi connectivity index (χ1n) is 7.23. The molecule has 1 fully saturated rings. The van der Waals surface area contributed by atoms with E-state index in [4.69, 9.17) is 9.84 Å². The van der Waals surface area contributed by atoms with E-state index in [2.05, 4.69) is 10.2 Å². The van der Waals surface area contributed by atoms with Crippen molar-refractivity contribution in [2.75, 3.05) is 20.1 Å². The lowest BCUT2D eigenvalue weighted by Crippen LogP contribution is -2.63. The number of likely N-dealkylation sites (tertiary alicyclic amines) is 1. The van der Waals surface area contributed by atoms with Crippen LogP contribution in [0.4, 0.5) is 0 Å². The number of nitrogens with one attached hydrogen (secondary N) is 1. The van der Waals surface area contributed by atoms with Crippen LogP contribution in [0.25, 0.3) is 6.08 Å². The van der Waals surface area contributed by atoms with Crippen molar-refractivity contribution < 1.29 is 19.4 Å². The second-order valence-corrected chi connectivity index (χ2v) is 5.82. The first-order valence-corrected chi connectivity index (χ1v) is 7.23. The van der Waals surface area contributed by atoms with Crippen LogP contribution in [0.5, 0.6) is 5.75 Å². The van der Waals surface area contributed by atoms with Crippen molar-refractivity contribution in [1.82, 2.24) is 10.2 Å². The third-order valence-electron chi connectivity index (χ3n) is 3.96. The molecule has 6 heteroatoms. The van der Waals surface area contributed by atoms with Gasteiger partial charge in [-0.2, -0.15) is 0 Å². The quantitative estimate of drug-likeness (QED) is 0.806. The number of nitrogens with zero attached hydrogens (tertiary/aromatic N) is 1. The van der Waals surface area contributed by atoms with Gasteiger partial charge in [-0.3, -0.25) is 4.79 Å². The third kappa shape index (κ3) is 2.82. The average molecular weight is 302 g/mol. The van der Waals surface area contributed by atoms with E-state index < -0.39 is 11.7 Å². The van der Waals surface area contributed by atoms with E-state index in [9.17, 15) is 9.59 Å². The summed E-state index contributed by atoms with van der Waals surface area (Å²) in [5.74, 6) is -0.656. The fourth-order valence-corrected chi connectivity index (χ4v) is 3.01. The lowest BCUT2D eigenvalue weighted by atomic mass is 9.97. The van der Waals surface area contributed by atoms with Crippen molar-refractivity contribution in [1.29, 1.82) is 0 Å². The number of carboxylic acid groups (broad SMARTS) is 1. The predicted molar refractivity (Wildman–Crippen MR) is 80.7 cm³/mol. The highest BCUT2D eigenvalue weighted by Crippen LogP contribution is 2.33. The first kappa shape index (κ1) is 14.6. The number of piperidine rings is 1. The van der Waals surface area contributed by atoms with Crippen molar-refractivity contribution in [2.24, 2.45) is 0 Å². The lowest BCUT2D eigenvalue weighted by molar-refractivity contribution is -0.131. The Morgan fingerprint density at radius 3 is 3.05 bits per heavy atom. The van der Waals surface area contributed by atoms with Gasteiger partial charge in [-0.25, -0.2) is 4.79 Å². The largest absolute Gasteiger partial charge is 0.478 e. The standard InChI is InChI=1S/C16H18N2O4/c1-18-8-2-7-16(10-18)17-15(21)12-9-11(4-6-14(19)20)3-5-13(12)22-16/h3-6,9H,2,7-8,10H2,1H3,(H,17,21)(H,19,20). The molecule has 22 heavy (non-hydrogen) atoms. The van der Waals surface area contributed by atoms with Gasteiger partial charge in [0.2, 0.25) is 0 Å². The van der Waals surface area contributed by atoms with Gasteiger partial charge < -0.3 is 20.1 Å². The molecule has 2 heterocycles. The van der Waals surface area contributed by atoms with Crippen LogP contribution in [0.1, 0.15) is 28.8 Å². The molecule has 0 radical (unpaired) electrons. The van der Waals surface area contributed by atoms with Crippen LogP contribution in [0.3, 0.4) is 0 Å². The Morgan fingerprint density at radius 1 is 1.50 bits per heavy atom. The molecule has 0 aromatic heterocycles. The van der Waals surface area contributed by atoms with Crippen molar-refractivity contribution in [2.45, 2.75) is 18.6 Å². The van der Waals surface area contributed by atoms with E-state index in [1.807, 2.05) is 7.05 Å². The van der Waals surface area contributed by atoms with Crippen molar-refractivity contribution in [3.05, 3.63) is 35.4 Å². The van der Waals surface area contributed by atoms with Gasteiger partial charge in [0.25, 0.3) is 5.91 Å². The zero-order valence-corrected chi connectivity index (χ0v) is 12.3. The molecule has 116 valence electrons. The van der Waals surface area contributed by atoms with Gasteiger partial charge in [-0.05, 0) is 43.8 Å². The molecular formula is C16H18N2O4. The van der Waals surface area contributed by atoms with Crippen LogP contribution < -0.4 is 10.1 Å². The molecule has 0 bridgehead atoms. The highest BCUT2D eigenvalue weighted by Gasteiger charge is 2.42. The normalized spacial score (nSPS) is 24.9. The molecule has 1 amide bonds. The van der Waals surface area contributed by atoms with Gasteiger partial charge in [0, 0.05) is 12.5 Å². The summed E-state index contributed by atoms with van der Waals surface area (Å²) < 4.78 is 6.07. The number of benzene rings is 1. The third-order valence-corrected chi connectivity index (χ3v) is 3.96. The molecule has 1 aromatic rings. The van der Waals surface area contributed by atoms with Gasteiger partial charge in [0.05, 0.1) is 12.1 Å².